The first-order valence-electron chi connectivity index (χ1n) is 6.46. The minimum atomic E-state index is -0.755. The first-order chi connectivity index (χ1) is 10.4. The summed E-state index contributed by atoms with van der Waals surface area (Å²) < 4.78 is 5.20. The molecule has 0 fully saturated rings. The van der Waals surface area contributed by atoms with Gasteiger partial charge in [0, 0.05) is 12.1 Å². The van der Waals surface area contributed by atoms with E-state index in [1.807, 2.05) is 6.92 Å². The molecule has 0 aliphatic rings. The Labute approximate surface area is 126 Å². The number of nitro groups is 1. The van der Waals surface area contributed by atoms with E-state index in [1.54, 1.807) is 12.1 Å². The number of non-ortho nitro benzene ring substituents is 1. The molecule has 0 heterocycles. The van der Waals surface area contributed by atoms with Gasteiger partial charge in [-0.05, 0) is 32.0 Å². The van der Waals surface area contributed by atoms with E-state index in [4.69, 9.17) is 4.74 Å². The number of aryl methyl sites for hydroxylation is 1. The summed E-state index contributed by atoms with van der Waals surface area (Å²) in [5, 5.41) is 10.7. The number of carbonyl (C=O) groups excluding carboxylic acids is 2. The lowest BCUT2D eigenvalue weighted by molar-refractivity contribution is -0.384. The van der Waals surface area contributed by atoms with Gasteiger partial charge in [0.2, 0.25) is 0 Å². The van der Waals surface area contributed by atoms with Gasteiger partial charge in [0.15, 0.2) is 5.78 Å². The Balaban J connectivity index is 2.31. The topological polar surface area (TPSA) is 86.5 Å². The average molecular weight is 299 g/mol. The van der Waals surface area contributed by atoms with Gasteiger partial charge in [0.25, 0.3) is 5.69 Å². The summed E-state index contributed by atoms with van der Waals surface area (Å²) >= 11 is 0. The molecule has 0 radical (unpaired) electrons. The zero-order chi connectivity index (χ0) is 16.3. The molecule has 0 atom stereocenters. The second kappa shape index (κ2) is 6.17. The first kappa shape index (κ1) is 15.4. The van der Waals surface area contributed by atoms with Crippen LogP contribution in [0.3, 0.4) is 0 Å². The standard InChI is InChI=1S/C16H13NO5/c1-10-6-7-15(14(8-10)11(2)18)22-16(19)12-4-3-5-13(9-12)17(20)21/h3-9H,1-2H3. The van der Waals surface area contributed by atoms with Crippen molar-refractivity contribution in [1.29, 1.82) is 0 Å². The number of nitro benzene ring substituents is 1. The average Bonchev–Trinajstić information content (AvgIpc) is 2.48. The molecule has 2 rings (SSSR count). The van der Waals surface area contributed by atoms with E-state index in [1.165, 1.54) is 31.2 Å². The van der Waals surface area contributed by atoms with Crippen molar-refractivity contribution in [2.24, 2.45) is 0 Å². The summed E-state index contributed by atoms with van der Waals surface area (Å²) in [5.74, 6) is -0.852. The summed E-state index contributed by atoms with van der Waals surface area (Å²) in [5.41, 5.74) is 0.994. The van der Waals surface area contributed by atoms with E-state index in [9.17, 15) is 19.7 Å². The molecule has 0 amide bonds. The van der Waals surface area contributed by atoms with Gasteiger partial charge in [-0.15, -0.1) is 0 Å². The van der Waals surface area contributed by atoms with E-state index >= 15 is 0 Å². The molecule has 2 aromatic rings. The molecule has 22 heavy (non-hydrogen) atoms. The smallest absolute Gasteiger partial charge is 0.343 e. The van der Waals surface area contributed by atoms with Crippen molar-refractivity contribution in [3.05, 3.63) is 69.3 Å². The molecule has 0 bridgehead atoms. The molecule has 0 N–H and O–H groups in total. The normalized spacial score (nSPS) is 10.1. The highest BCUT2D eigenvalue weighted by molar-refractivity contribution is 5.99. The summed E-state index contributed by atoms with van der Waals surface area (Å²) in [6.45, 7) is 3.19. The van der Waals surface area contributed by atoms with Gasteiger partial charge in [-0.3, -0.25) is 14.9 Å². The Morgan fingerprint density at radius 2 is 1.86 bits per heavy atom. The van der Waals surface area contributed by atoms with Gasteiger partial charge in [-0.25, -0.2) is 4.79 Å². The Morgan fingerprint density at radius 3 is 2.50 bits per heavy atom. The van der Waals surface area contributed by atoms with E-state index in [0.29, 0.717) is 5.56 Å². The van der Waals surface area contributed by atoms with Crippen LogP contribution in [0, 0.1) is 17.0 Å². The first-order valence-corrected chi connectivity index (χ1v) is 6.46. The highest BCUT2D eigenvalue weighted by Gasteiger charge is 2.16. The van der Waals surface area contributed by atoms with Gasteiger partial charge in [0.05, 0.1) is 16.1 Å². The van der Waals surface area contributed by atoms with Crippen LogP contribution in [0.2, 0.25) is 0 Å². The number of carbonyl (C=O) groups is 2. The Kier molecular flexibility index (Phi) is 4.31. The van der Waals surface area contributed by atoms with Crippen LogP contribution in [-0.2, 0) is 0 Å². The molecule has 112 valence electrons. The predicted octanol–water partition coefficient (Wildman–Crippen LogP) is 3.33. The maximum atomic E-state index is 12.1. The SMILES string of the molecule is CC(=O)c1cc(C)ccc1OC(=O)c1cccc([N+](=O)[O-])c1. The number of esters is 1. The van der Waals surface area contributed by atoms with Crippen LogP contribution < -0.4 is 4.74 Å². The lowest BCUT2D eigenvalue weighted by atomic mass is 10.1. The zero-order valence-electron chi connectivity index (χ0n) is 12.0. The Morgan fingerprint density at radius 1 is 1.14 bits per heavy atom. The van der Waals surface area contributed by atoms with Gasteiger partial charge >= 0.3 is 5.97 Å². The molecule has 0 unspecified atom stereocenters. The maximum absolute atomic E-state index is 12.1. The molecule has 0 aliphatic heterocycles. The van der Waals surface area contributed by atoms with Gasteiger partial charge in [0.1, 0.15) is 5.75 Å². The monoisotopic (exact) mass is 299 g/mol. The second-order valence-corrected chi connectivity index (χ2v) is 4.75. The number of hydrogen-bond donors (Lipinski definition) is 0. The number of benzene rings is 2. The van der Waals surface area contributed by atoms with Crippen LogP contribution in [-0.4, -0.2) is 16.7 Å². The van der Waals surface area contributed by atoms with Crippen LogP contribution in [0.25, 0.3) is 0 Å². The third-order valence-electron chi connectivity index (χ3n) is 3.01. The number of ether oxygens (including phenoxy) is 1. The van der Waals surface area contributed by atoms with Crippen molar-refractivity contribution in [1.82, 2.24) is 0 Å². The lowest BCUT2D eigenvalue weighted by Crippen LogP contribution is -2.11. The van der Waals surface area contributed by atoms with E-state index in [-0.39, 0.29) is 22.8 Å². The molecule has 0 aliphatic carbocycles. The van der Waals surface area contributed by atoms with Gasteiger partial charge < -0.3 is 4.74 Å². The lowest BCUT2D eigenvalue weighted by Gasteiger charge is -2.09. The van der Waals surface area contributed by atoms with Crippen LogP contribution in [0.15, 0.2) is 42.5 Å². The summed E-state index contributed by atoms with van der Waals surface area (Å²) in [6, 6.07) is 10.1. The maximum Gasteiger partial charge on any atom is 0.343 e. The number of rotatable bonds is 4. The quantitative estimate of drug-likeness (QED) is 0.284. The van der Waals surface area contributed by atoms with Crippen molar-refractivity contribution in [3.63, 3.8) is 0 Å². The fourth-order valence-electron chi connectivity index (χ4n) is 1.91. The van der Waals surface area contributed by atoms with E-state index in [0.717, 1.165) is 11.6 Å². The van der Waals surface area contributed by atoms with Crippen LogP contribution >= 0.6 is 0 Å². The molecular weight excluding hydrogens is 286 g/mol. The summed E-state index contributed by atoms with van der Waals surface area (Å²) in [4.78, 5) is 33.8. The van der Waals surface area contributed by atoms with Crippen molar-refractivity contribution in [2.45, 2.75) is 13.8 Å². The highest BCUT2D eigenvalue weighted by Crippen LogP contribution is 2.22. The van der Waals surface area contributed by atoms with Crippen LogP contribution in [0.1, 0.15) is 33.2 Å². The third kappa shape index (κ3) is 3.35. The van der Waals surface area contributed by atoms with Crippen molar-refractivity contribution in [3.8, 4) is 5.75 Å². The minimum absolute atomic E-state index is 0.0456. The number of hydrogen-bond acceptors (Lipinski definition) is 5. The number of nitrogens with zero attached hydrogens (tertiary/aromatic N) is 1. The molecule has 0 saturated carbocycles. The third-order valence-corrected chi connectivity index (χ3v) is 3.01. The van der Waals surface area contributed by atoms with Gasteiger partial charge in [-0.1, -0.05) is 17.7 Å². The Hall–Kier alpha value is -3.02. The molecule has 0 aromatic heterocycles. The largest absolute Gasteiger partial charge is 0.422 e. The molecule has 0 saturated heterocycles. The Bertz CT molecular complexity index is 767. The molecule has 0 spiro atoms. The van der Waals surface area contributed by atoms with E-state index in [2.05, 4.69) is 0 Å². The fourth-order valence-corrected chi connectivity index (χ4v) is 1.91. The molecular formula is C16H13NO5. The van der Waals surface area contributed by atoms with Crippen molar-refractivity contribution in [2.75, 3.05) is 0 Å². The second-order valence-electron chi connectivity index (χ2n) is 4.75. The highest BCUT2D eigenvalue weighted by atomic mass is 16.6. The number of ketones is 1. The minimum Gasteiger partial charge on any atom is -0.422 e. The van der Waals surface area contributed by atoms with Crippen molar-refractivity contribution < 1.29 is 19.2 Å². The summed E-state index contributed by atoms with van der Waals surface area (Å²) in [6.07, 6.45) is 0. The van der Waals surface area contributed by atoms with Gasteiger partial charge in [-0.2, -0.15) is 0 Å². The predicted molar refractivity (Wildman–Crippen MR) is 79.2 cm³/mol. The van der Waals surface area contributed by atoms with Crippen LogP contribution in [0.5, 0.6) is 5.75 Å². The summed E-state index contributed by atoms with van der Waals surface area (Å²) in [7, 11) is 0. The molecule has 2 aromatic carbocycles. The van der Waals surface area contributed by atoms with E-state index < -0.39 is 10.9 Å². The zero-order valence-corrected chi connectivity index (χ0v) is 12.0. The number of Topliss-reactive ketones (excluding diaryl/α,β-unsaturated/α-hetero) is 1. The molecule has 6 nitrogen and oxygen atoms in total. The molecule has 6 heteroatoms. The van der Waals surface area contributed by atoms with Crippen molar-refractivity contribution >= 4 is 17.4 Å². The fraction of sp³-hybridized carbons (Fsp3) is 0.125. The van der Waals surface area contributed by atoms with Crippen LogP contribution in [0.4, 0.5) is 5.69 Å².